The predicted octanol–water partition coefficient (Wildman–Crippen LogP) is 3.06. The standard InChI is InChI=1S/C20H18Si/c1-13-5-3-8-18(14(13)2)21-19-12-11-16-10-9-15-6-4-7-17(19)20(15)16/h3-12H,21H2,1-2H3. The van der Waals surface area contributed by atoms with Gasteiger partial charge in [0.25, 0.3) is 0 Å². The van der Waals surface area contributed by atoms with Gasteiger partial charge in [0.15, 0.2) is 0 Å². The van der Waals surface area contributed by atoms with Gasteiger partial charge in [-0.25, -0.2) is 0 Å². The second-order valence-corrected chi connectivity index (χ2v) is 7.83. The van der Waals surface area contributed by atoms with E-state index in [-0.39, 0.29) is 0 Å². The van der Waals surface area contributed by atoms with E-state index in [1.807, 2.05) is 0 Å². The Kier molecular flexibility index (Phi) is 2.83. The van der Waals surface area contributed by atoms with Crippen molar-refractivity contribution in [2.45, 2.75) is 13.8 Å². The van der Waals surface area contributed by atoms with Gasteiger partial charge in [-0.05, 0) is 46.9 Å². The molecule has 0 fully saturated rings. The molecule has 1 aliphatic rings. The van der Waals surface area contributed by atoms with Gasteiger partial charge in [0.05, 0.1) is 9.52 Å². The molecule has 3 aromatic rings. The first kappa shape index (κ1) is 12.6. The summed E-state index contributed by atoms with van der Waals surface area (Å²) in [6, 6.07) is 18.1. The van der Waals surface area contributed by atoms with Gasteiger partial charge in [-0.2, -0.15) is 0 Å². The van der Waals surface area contributed by atoms with Crippen molar-refractivity contribution in [1.29, 1.82) is 0 Å². The van der Waals surface area contributed by atoms with Crippen LogP contribution in [0.15, 0.2) is 48.5 Å². The fourth-order valence-corrected chi connectivity index (χ4v) is 5.27. The van der Waals surface area contributed by atoms with Crippen molar-refractivity contribution in [3.05, 3.63) is 70.8 Å². The Morgan fingerprint density at radius 3 is 2.33 bits per heavy atom. The molecule has 0 spiro atoms. The predicted molar refractivity (Wildman–Crippen MR) is 96.6 cm³/mol. The lowest BCUT2D eigenvalue weighted by atomic mass is 10.0. The smallest absolute Gasteiger partial charge is 0.0630 e. The molecule has 0 atom stereocenters. The molecule has 102 valence electrons. The molecule has 3 aromatic carbocycles. The van der Waals surface area contributed by atoms with Crippen LogP contribution in [0.1, 0.15) is 22.3 Å². The van der Waals surface area contributed by atoms with Gasteiger partial charge in [0.1, 0.15) is 0 Å². The van der Waals surface area contributed by atoms with Crippen LogP contribution in [0.5, 0.6) is 0 Å². The van der Waals surface area contributed by atoms with Gasteiger partial charge in [-0.3, -0.25) is 0 Å². The number of hydrogen-bond donors (Lipinski definition) is 0. The average molecular weight is 286 g/mol. The fraction of sp³-hybridized carbons (Fsp3) is 0.100. The van der Waals surface area contributed by atoms with Crippen LogP contribution in [0.2, 0.25) is 0 Å². The van der Waals surface area contributed by atoms with Crippen LogP contribution in [0.3, 0.4) is 0 Å². The highest BCUT2D eigenvalue weighted by Gasteiger charge is 2.12. The van der Waals surface area contributed by atoms with Gasteiger partial charge >= 0.3 is 0 Å². The summed E-state index contributed by atoms with van der Waals surface area (Å²) in [4.78, 5) is 0. The van der Waals surface area contributed by atoms with Crippen LogP contribution < -0.4 is 10.4 Å². The summed E-state index contributed by atoms with van der Waals surface area (Å²) < 4.78 is 0. The molecule has 0 nitrogen and oxygen atoms in total. The molecule has 0 N–H and O–H groups in total. The van der Waals surface area contributed by atoms with E-state index in [2.05, 4.69) is 74.5 Å². The summed E-state index contributed by atoms with van der Waals surface area (Å²) in [5, 5.41) is 6.05. The molecule has 0 aliphatic heterocycles. The van der Waals surface area contributed by atoms with Gasteiger partial charge in [-0.1, -0.05) is 71.1 Å². The molecule has 0 heterocycles. The van der Waals surface area contributed by atoms with E-state index in [0.717, 1.165) is 0 Å². The Bertz CT molecular complexity index is 875. The van der Waals surface area contributed by atoms with E-state index in [0.29, 0.717) is 0 Å². The second-order valence-electron chi connectivity index (χ2n) is 5.95. The third-order valence-electron chi connectivity index (χ3n) is 4.74. The maximum atomic E-state index is 2.35. The molecule has 0 bridgehead atoms. The monoisotopic (exact) mass is 286 g/mol. The van der Waals surface area contributed by atoms with Crippen molar-refractivity contribution in [3.63, 3.8) is 0 Å². The molecule has 4 rings (SSSR count). The van der Waals surface area contributed by atoms with Gasteiger partial charge < -0.3 is 0 Å². The first-order valence-corrected chi connectivity index (χ1v) is 8.93. The summed E-state index contributed by atoms with van der Waals surface area (Å²) >= 11 is 0. The summed E-state index contributed by atoms with van der Waals surface area (Å²) in [5.41, 5.74) is 5.64. The Labute approximate surface area is 128 Å². The highest BCUT2D eigenvalue weighted by Crippen LogP contribution is 2.29. The largest absolute Gasteiger partial charge is 0.0886 e. The Balaban J connectivity index is 1.88. The lowest BCUT2D eigenvalue weighted by Gasteiger charge is -2.12. The van der Waals surface area contributed by atoms with Crippen LogP contribution in [-0.2, 0) is 0 Å². The molecule has 1 heteroatoms. The minimum Gasteiger partial charge on any atom is -0.0630 e. The normalized spacial score (nSPS) is 12.9. The zero-order valence-corrected chi connectivity index (χ0v) is 13.9. The van der Waals surface area contributed by atoms with E-state index in [4.69, 9.17) is 0 Å². The minimum absolute atomic E-state index is 0.438. The van der Waals surface area contributed by atoms with Crippen molar-refractivity contribution < 1.29 is 0 Å². The zero-order chi connectivity index (χ0) is 14.4. The second kappa shape index (κ2) is 4.71. The maximum Gasteiger partial charge on any atom is 0.0886 e. The number of aryl methyl sites for hydroxylation is 1. The third kappa shape index (κ3) is 1.97. The third-order valence-corrected chi connectivity index (χ3v) is 6.88. The molecular weight excluding hydrogens is 268 g/mol. The van der Waals surface area contributed by atoms with Crippen molar-refractivity contribution in [1.82, 2.24) is 0 Å². The van der Waals surface area contributed by atoms with E-state index in [9.17, 15) is 0 Å². The van der Waals surface area contributed by atoms with Crippen molar-refractivity contribution in [3.8, 4) is 0 Å². The highest BCUT2D eigenvalue weighted by molar-refractivity contribution is 6.70. The Hall–Kier alpha value is -2.12. The Morgan fingerprint density at radius 2 is 1.48 bits per heavy atom. The molecule has 1 aliphatic carbocycles. The lowest BCUT2D eigenvalue weighted by molar-refractivity contribution is 1.37. The molecule has 0 radical (unpaired) electrons. The molecule has 0 unspecified atom stereocenters. The highest BCUT2D eigenvalue weighted by atomic mass is 28.2. The molecular formula is C20H18Si. The van der Waals surface area contributed by atoms with Crippen molar-refractivity contribution in [2.24, 2.45) is 0 Å². The lowest BCUT2D eigenvalue weighted by Crippen LogP contribution is -2.30. The summed E-state index contributed by atoms with van der Waals surface area (Å²) in [7, 11) is -0.438. The number of benzene rings is 3. The molecule has 0 aromatic heterocycles. The maximum absolute atomic E-state index is 2.35. The van der Waals surface area contributed by atoms with Gasteiger partial charge in [0, 0.05) is 0 Å². The number of hydrogen-bond acceptors (Lipinski definition) is 0. The van der Waals surface area contributed by atoms with Crippen LogP contribution in [0, 0.1) is 13.8 Å². The van der Waals surface area contributed by atoms with Gasteiger partial charge in [-0.15, -0.1) is 0 Å². The molecule has 0 saturated carbocycles. The molecule has 0 amide bonds. The van der Waals surface area contributed by atoms with Crippen molar-refractivity contribution >= 4 is 42.8 Å². The Morgan fingerprint density at radius 1 is 0.714 bits per heavy atom. The SMILES string of the molecule is Cc1cccc([SiH2]c2ccc3c4c(cccc24)C=C3)c1C. The quantitative estimate of drug-likeness (QED) is 0.497. The summed E-state index contributed by atoms with van der Waals surface area (Å²) in [5.74, 6) is 0. The minimum atomic E-state index is -0.438. The van der Waals surface area contributed by atoms with E-state index >= 15 is 0 Å². The van der Waals surface area contributed by atoms with Crippen molar-refractivity contribution in [2.75, 3.05) is 0 Å². The van der Waals surface area contributed by atoms with E-state index in [1.54, 1.807) is 10.4 Å². The summed E-state index contributed by atoms with van der Waals surface area (Å²) in [6.45, 7) is 4.48. The van der Waals surface area contributed by atoms with Gasteiger partial charge in [0.2, 0.25) is 0 Å². The first-order valence-electron chi connectivity index (χ1n) is 7.52. The van der Waals surface area contributed by atoms with Crippen LogP contribution in [0.4, 0.5) is 0 Å². The van der Waals surface area contributed by atoms with Crippen LogP contribution in [-0.4, -0.2) is 9.52 Å². The molecule has 21 heavy (non-hydrogen) atoms. The van der Waals surface area contributed by atoms with E-state index in [1.165, 1.54) is 33.0 Å². The zero-order valence-electron chi connectivity index (χ0n) is 12.5. The van der Waals surface area contributed by atoms with Crippen LogP contribution in [0.25, 0.3) is 22.9 Å². The molecule has 0 saturated heterocycles. The number of rotatable bonds is 2. The average Bonchev–Trinajstić information content (AvgIpc) is 2.92. The summed E-state index contributed by atoms with van der Waals surface area (Å²) in [6.07, 6.45) is 4.47. The van der Waals surface area contributed by atoms with E-state index < -0.39 is 9.52 Å². The topological polar surface area (TPSA) is 0 Å². The van der Waals surface area contributed by atoms with Crippen LogP contribution >= 0.6 is 0 Å². The fourth-order valence-electron chi connectivity index (χ4n) is 3.34. The first-order chi connectivity index (χ1) is 10.2.